The predicted molar refractivity (Wildman–Crippen MR) is 155 cm³/mol. The summed E-state index contributed by atoms with van der Waals surface area (Å²) in [6.45, 7) is -1.09. The van der Waals surface area contributed by atoms with Gasteiger partial charge in [0.05, 0.1) is 0 Å². The maximum absolute atomic E-state index is 12.4. The van der Waals surface area contributed by atoms with E-state index >= 15 is 0 Å². The minimum Gasteiger partial charge on any atom is -0.508 e. The lowest BCUT2D eigenvalue weighted by atomic mass is 9.97. The van der Waals surface area contributed by atoms with Crippen molar-refractivity contribution in [2.75, 3.05) is 20.3 Å². The Bertz CT molecular complexity index is 1340. The number of esters is 2. The van der Waals surface area contributed by atoms with Crippen molar-refractivity contribution in [3.63, 3.8) is 0 Å². The Labute approximate surface area is 263 Å². The molecule has 2 aliphatic heterocycles. The SMILES string of the molecule is CO[C@@H]1O[C@H](COC(=O)/C=C/c2ccc(O)cc2)[C@@H](O[C@@H]2O[C@H](COC(=O)/C=C\c3ccc(O)cc3)[C@@H](O)[C@H](O)[C@H]2O)[C@H](O)[C@H]1O. The number of carbonyl (C=O) groups excluding carboxylic acids is 2. The average Bonchev–Trinajstić information content (AvgIpc) is 3.05. The van der Waals surface area contributed by atoms with Crippen molar-refractivity contribution in [1.82, 2.24) is 0 Å². The second-order valence-corrected chi connectivity index (χ2v) is 10.5. The van der Waals surface area contributed by atoms with Gasteiger partial charge >= 0.3 is 11.9 Å². The third-order valence-electron chi connectivity index (χ3n) is 7.22. The first-order chi connectivity index (χ1) is 22.0. The van der Waals surface area contributed by atoms with Crippen LogP contribution in [0.15, 0.2) is 60.7 Å². The van der Waals surface area contributed by atoms with Crippen LogP contribution in [-0.2, 0) is 38.0 Å². The van der Waals surface area contributed by atoms with Crippen LogP contribution >= 0.6 is 0 Å². The topological polar surface area (TPSA) is 231 Å². The fourth-order valence-corrected chi connectivity index (χ4v) is 4.65. The van der Waals surface area contributed by atoms with Crippen LogP contribution in [0.1, 0.15) is 11.1 Å². The van der Waals surface area contributed by atoms with Gasteiger partial charge in [-0.15, -0.1) is 0 Å². The first-order valence-electron chi connectivity index (χ1n) is 14.1. The maximum Gasteiger partial charge on any atom is 0.330 e. The molecule has 15 nitrogen and oxygen atoms in total. The second-order valence-electron chi connectivity index (χ2n) is 10.5. The molecule has 0 amide bonds. The van der Waals surface area contributed by atoms with Crippen LogP contribution in [0.4, 0.5) is 0 Å². The molecule has 7 N–H and O–H groups in total. The van der Waals surface area contributed by atoms with Crippen LogP contribution in [-0.4, -0.2) is 129 Å². The molecule has 2 aromatic rings. The van der Waals surface area contributed by atoms with Gasteiger partial charge in [0, 0.05) is 19.3 Å². The molecule has 0 aliphatic carbocycles. The van der Waals surface area contributed by atoms with Gasteiger partial charge in [0.25, 0.3) is 0 Å². The van der Waals surface area contributed by atoms with Gasteiger partial charge in [-0.05, 0) is 47.5 Å². The molecule has 2 saturated heterocycles. The second kappa shape index (κ2) is 16.1. The van der Waals surface area contributed by atoms with Crippen LogP contribution in [0.25, 0.3) is 12.2 Å². The standard InChI is InChI=1S/C31H36O15/c1-41-30-28(40)26(38)29(21(45-30)15-43-23(35)13-7-17-4-10-19(33)11-5-17)46-31-27(39)25(37)24(36)20(44-31)14-42-22(34)12-6-16-2-8-18(32)9-3-16/h2-13,20-21,24-33,36-40H,14-15H2,1H3/b12-6-,13-7+/t20-,21-,24-,25+,26-,27-,28-,29-,30-,31+/m1/s1. The molecule has 0 spiro atoms. The smallest absolute Gasteiger partial charge is 0.330 e. The largest absolute Gasteiger partial charge is 0.508 e. The number of phenols is 2. The zero-order valence-electron chi connectivity index (χ0n) is 24.5. The third kappa shape index (κ3) is 9.10. The maximum atomic E-state index is 12.4. The highest BCUT2D eigenvalue weighted by Crippen LogP contribution is 2.30. The van der Waals surface area contributed by atoms with Crippen LogP contribution in [0.3, 0.4) is 0 Å². The normalized spacial score (nSPS) is 31.6. The summed E-state index contributed by atoms with van der Waals surface area (Å²) in [5, 5.41) is 71.6. The van der Waals surface area contributed by atoms with Crippen molar-refractivity contribution in [3.05, 3.63) is 71.8 Å². The van der Waals surface area contributed by atoms with Gasteiger partial charge in [-0.2, -0.15) is 0 Å². The van der Waals surface area contributed by atoms with Crippen LogP contribution < -0.4 is 0 Å². The van der Waals surface area contributed by atoms with E-state index in [1.54, 1.807) is 24.3 Å². The van der Waals surface area contributed by atoms with E-state index in [4.69, 9.17) is 28.4 Å². The molecule has 4 rings (SSSR count). The van der Waals surface area contributed by atoms with E-state index < -0.39 is 86.6 Å². The number of ether oxygens (including phenoxy) is 6. The molecular weight excluding hydrogens is 612 g/mol. The van der Waals surface area contributed by atoms with E-state index in [2.05, 4.69) is 0 Å². The summed E-state index contributed by atoms with van der Waals surface area (Å²) in [7, 11) is 1.21. The summed E-state index contributed by atoms with van der Waals surface area (Å²) in [5.74, 6) is -1.53. The quantitative estimate of drug-likeness (QED) is 0.117. The highest BCUT2D eigenvalue weighted by Gasteiger charge is 2.51. The molecule has 15 heteroatoms. The monoisotopic (exact) mass is 648 g/mol. The van der Waals surface area contributed by atoms with E-state index in [0.717, 1.165) is 12.2 Å². The summed E-state index contributed by atoms with van der Waals surface area (Å²) in [4.78, 5) is 24.6. The van der Waals surface area contributed by atoms with Crippen molar-refractivity contribution in [3.8, 4) is 11.5 Å². The van der Waals surface area contributed by atoms with Gasteiger partial charge in [0.1, 0.15) is 73.5 Å². The number of phenolic OH excluding ortho intramolecular Hbond substituents is 2. The Hall–Kier alpha value is -3.90. The fourth-order valence-electron chi connectivity index (χ4n) is 4.65. The van der Waals surface area contributed by atoms with Crippen LogP contribution in [0, 0.1) is 0 Å². The van der Waals surface area contributed by atoms with Gasteiger partial charge in [0.2, 0.25) is 0 Å². The number of methoxy groups -OCH3 is 1. The zero-order chi connectivity index (χ0) is 33.4. The zero-order valence-corrected chi connectivity index (χ0v) is 24.5. The molecule has 0 radical (unpaired) electrons. The van der Waals surface area contributed by atoms with Crippen molar-refractivity contribution >= 4 is 24.1 Å². The van der Waals surface area contributed by atoms with Gasteiger partial charge in [-0.25, -0.2) is 9.59 Å². The number of carbonyl (C=O) groups is 2. The summed E-state index contributed by atoms with van der Waals surface area (Å²) in [6, 6.07) is 12.0. The number of hydrogen-bond donors (Lipinski definition) is 7. The van der Waals surface area contributed by atoms with Crippen molar-refractivity contribution in [2.45, 2.75) is 61.4 Å². The molecule has 2 heterocycles. The predicted octanol–water partition coefficient (Wildman–Crippen LogP) is -0.803. The van der Waals surface area contributed by atoms with Gasteiger partial charge in [0.15, 0.2) is 12.6 Å². The molecule has 0 unspecified atom stereocenters. The molecule has 0 saturated carbocycles. The Morgan fingerprint density at radius 1 is 0.652 bits per heavy atom. The van der Waals surface area contributed by atoms with Gasteiger partial charge in [-0.1, -0.05) is 24.3 Å². The molecule has 2 aromatic carbocycles. The first kappa shape index (κ1) is 35.0. The summed E-state index contributed by atoms with van der Waals surface area (Å²) >= 11 is 0. The van der Waals surface area contributed by atoms with E-state index in [9.17, 15) is 45.3 Å². The minimum atomic E-state index is -1.86. The number of rotatable bonds is 11. The Morgan fingerprint density at radius 2 is 1.11 bits per heavy atom. The molecule has 0 bridgehead atoms. The number of aliphatic hydroxyl groups is 5. The van der Waals surface area contributed by atoms with E-state index in [0.29, 0.717) is 11.1 Å². The first-order valence-corrected chi connectivity index (χ1v) is 14.1. The number of benzene rings is 2. The molecule has 0 aromatic heterocycles. The third-order valence-corrected chi connectivity index (χ3v) is 7.22. The number of aliphatic hydroxyl groups excluding tert-OH is 5. The fraction of sp³-hybridized carbons (Fsp3) is 0.419. The highest BCUT2D eigenvalue weighted by molar-refractivity contribution is 5.87. The average molecular weight is 649 g/mol. The summed E-state index contributed by atoms with van der Waals surface area (Å²) < 4.78 is 32.4. The van der Waals surface area contributed by atoms with E-state index in [1.807, 2.05) is 0 Å². The van der Waals surface area contributed by atoms with Crippen molar-refractivity contribution in [1.29, 1.82) is 0 Å². The molecule has 46 heavy (non-hydrogen) atoms. The lowest BCUT2D eigenvalue weighted by molar-refractivity contribution is -0.357. The molecular formula is C31H36O15. The van der Waals surface area contributed by atoms with Gasteiger partial charge < -0.3 is 64.2 Å². The molecule has 250 valence electrons. The Balaban J connectivity index is 1.39. The molecule has 2 aliphatic rings. The Morgan fingerprint density at radius 3 is 1.61 bits per heavy atom. The highest BCUT2D eigenvalue weighted by atomic mass is 16.7. The van der Waals surface area contributed by atoms with Crippen molar-refractivity contribution < 1.29 is 73.8 Å². The van der Waals surface area contributed by atoms with E-state index in [1.165, 1.54) is 43.5 Å². The number of aromatic hydroxyl groups is 2. The summed E-state index contributed by atoms with van der Waals surface area (Å²) in [6.07, 6.45) is -11.0. The van der Waals surface area contributed by atoms with Crippen molar-refractivity contribution in [2.24, 2.45) is 0 Å². The van der Waals surface area contributed by atoms with Gasteiger partial charge in [-0.3, -0.25) is 0 Å². The lowest BCUT2D eigenvalue weighted by Crippen LogP contribution is -2.64. The number of hydrogen-bond acceptors (Lipinski definition) is 15. The van der Waals surface area contributed by atoms with E-state index in [-0.39, 0.29) is 11.5 Å². The summed E-state index contributed by atoms with van der Waals surface area (Å²) in [5.41, 5.74) is 1.19. The van der Waals surface area contributed by atoms with Crippen LogP contribution in [0.2, 0.25) is 0 Å². The minimum absolute atomic E-state index is 0.0486. The lowest BCUT2D eigenvalue weighted by Gasteiger charge is -2.45. The molecule has 2 fully saturated rings. The van der Waals surface area contributed by atoms with Crippen LogP contribution in [0.5, 0.6) is 11.5 Å². The Kier molecular flexibility index (Phi) is 12.2. The molecule has 10 atom stereocenters.